The average molecular weight is 300 g/mol. The highest BCUT2D eigenvalue weighted by atomic mass is 16.5. The molecule has 0 aliphatic heterocycles. The Kier molecular flexibility index (Phi) is 3.35. The second kappa shape index (κ2) is 5.65. The van der Waals surface area contributed by atoms with Crippen molar-refractivity contribution in [2.75, 3.05) is 0 Å². The average Bonchev–Trinajstić information content (AvgIpc) is 2.61. The van der Waals surface area contributed by atoms with Crippen molar-refractivity contribution in [3.8, 4) is 11.5 Å². The maximum absolute atomic E-state index is 9.97. The minimum absolute atomic E-state index is 0.276. The molecule has 112 valence electrons. The minimum Gasteiger partial charge on any atom is -0.507 e. The van der Waals surface area contributed by atoms with Crippen LogP contribution in [0.15, 0.2) is 78.9 Å². The Morgan fingerprint density at radius 3 is 2.22 bits per heavy atom. The number of phenols is 1. The molecule has 0 saturated carbocycles. The summed E-state index contributed by atoms with van der Waals surface area (Å²) in [5.74, 6) is 1.06. The van der Waals surface area contributed by atoms with Crippen molar-refractivity contribution < 1.29 is 9.84 Å². The first-order chi connectivity index (χ1) is 11.3. The third-order valence-electron chi connectivity index (χ3n) is 4.12. The van der Waals surface area contributed by atoms with Gasteiger partial charge >= 0.3 is 0 Å². The molecule has 4 aromatic carbocycles. The highest BCUT2D eigenvalue weighted by molar-refractivity contribution is 5.93. The molecule has 2 nitrogen and oxygen atoms in total. The van der Waals surface area contributed by atoms with Crippen molar-refractivity contribution in [3.63, 3.8) is 0 Å². The van der Waals surface area contributed by atoms with Gasteiger partial charge in [0.2, 0.25) is 0 Å². The highest BCUT2D eigenvalue weighted by Gasteiger charge is 2.07. The number of ether oxygens (including phenoxy) is 1. The van der Waals surface area contributed by atoms with E-state index in [0.717, 1.165) is 22.1 Å². The third-order valence-corrected chi connectivity index (χ3v) is 4.12. The standard InChI is InChI=1S/C21H16O2/c22-20-12-13-21(19-11-4-3-10-18(19)20)23-14-16-8-5-7-15-6-1-2-9-17(15)16/h1-13,22H,14H2. The third kappa shape index (κ3) is 2.49. The van der Waals surface area contributed by atoms with Gasteiger partial charge in [-0.15, -0.1) is 0 Å². The van der Waals surface area contributed by atoms with Crippen LogP contribution in [0.3, 0.4) is 0 Å². The van der Waals surface area contributed by atoms with Crippen molar-refractivity contribution in [1.29, 1.82) is 0 Å². The van der Waals surface area contributed by atoms with Gasteiger partial charge in [0.05, 0.1) is 0 Å². The molecule has 4 rings (SSSR count). The monoisotopic (exact) mass is 300 g/mol. The summed E-state index contributed by atoms with van der Waals surface area (Å²) in [6.45, 7) is 0.496. The van der Waals surface area contributed by atoms with Crippen LogP contribution < -0.4 is 4.74 Å². The number of hydrogen-bond acceptors (Lipinski definition) is 2. The summed E-state index contributed by atoms with van der Waals surface area (Å²) in [4.78, 5) is 0. The van der Waals surface area contributed by atoms with Crippen LogP contribution >= 0.6 is 0 Å². The molecule has 23 heavy (non-hydrogen) atoms. The molecule has 0 heterocycles. The summed E-state index contributed by atoms with van der Waals surface area (Å²) in [5, 5.41) is 14.1. The largest absolute Gasteiger partial charge is 0.507 e. The Morgan fingerprint density at radius 2 is 1.35 bits per heavy atom. The Morgan fingerprint density at radius 1 is 0.652 bits per heavy atom. The van der Waals surface area contributed by atoms with Crippen molar-refractivity contribution in [3.05, 3.63) is 84.4 Å². The van der Waals surface area contributed by atoms with Gasteiger partial charge < -0.3 is 9.84 Å². The predicted octanol–water partition coefficient (Wildman–Crippen LogP) is 5.28. The summed E-state index contributed by atoms with van der Waals surface area (Å²) >= 11 is 0. The van der Waals surface area contributed by atoms with Crippen molar-refractivity contribution >= 4 is 21.5 Å². The Balaban J connectivity index is 1.71. The lowest BCUT2D eigenvalue weighted by Gasteiger charge is -2.12. The van der Waals surface area contributed by atoms with Crippen LogP contribution in [0.5, 0.6) is 11.5 Å². The first-order valence-electron chi connectivity index (χ1n) is 7.63. The molecule has 0 bridgehead atoms. The van der Waals surface area contributed by atoms with E-state index >= 15 is 0 Å². The number of benzene rings is 4. The molecule has 0 spiro atoms. The summed E-state index contributed by atoms with van der Waals surface area (Å²) in [7, 11) is 0. The van der Waals surface area contributed by atoms with E-state index in [0.29, 0.717) is 6.61 Å². The van der Waals surface area contributed by atoms with Crippen LogP contribution in [0.2, 0.25) is 0 Å². The number of aromatic hydroxyl groups is 1. The van der Waals surface area contributed by atoms with E-state index < -0.39 is 0 Å². The van der Waals surface area contributed by atoms with E-state index in [1.54, 1.807) is 6.07 Å². The molecule has 1 N–H and O–H groups in total. The number of fused-ring (bicyclic) bond motifs is 2. The maximum Gasteiger partial charge on any atom is 0.127 e. The Labute approximate surface area is 134 Å². The SMILES string of the molecule is Oc1ccc(OCc2cccc3ccccc23)c2ccccc12. The fraction of sp³-hybridized carbons (Fsp3) is 0.0476. The number of phenolic OH excluding ortho intramolecular Hbond substituents is 1. The quantitative estimate of drug-likeness (QED) is 0.558. The van der Waals surface area contributed by atoms with Crippen molar-refractivity contribution in [2.45, 2.75) is 6.61 Å². The van der Waals surface area contributed by atoms with Gasteiger partial charge in [-0.1, -0.05) is 66.7 Å². The van der Waals surface area contributed by atoms with Gasteiger partial charge in [-0.3, -0.25) is 0 Å². The Hall–Kier alpha value is -3.00. The molecule has 0 amide bonds. The van der Waals surface area contributed by atoms with Crippen LogP contribution in [0, 0.1) is 0 Å². The smallest absolute Gasteiger partial charge is 0.127 e. The first-order valence-corrected chi connectivity index (χ1v) is 7.63. The lowest BCUT2D eigenvalue weighted by Crippen LogP contribution is -1.97. The zero-order valence-electron chi connectivity index (χ0n) is 12.6. The normalized spacial score (nSPS) is 11.0. The molecular weight excluding hydrogens is 284 g/mol. The lowest BCUT2D eigenvalue weighted by atomic mass is 10.1. The molecule has 4 aromatic rings. The molecule has 0 saturated heterocycles. The van der Waals surface area contributed by atoms with Gasteiger partial charge in [0.1, 0.15) is 18.1 Å². The molecular formula is C21H16O2. The summed E-state index contributed by atoms with van der Waals surface area (Å²) in [5.41, 5.74) is 1.15. The fourth-order valence-corrected chi connectivity index (χ4v) is 2.96. The number of hydrogen-bond donors (Lipinski definition) is 1. The zero-order valence-corrected chi connectivity index (χ0v) is 12.6. The van der Waals surface area contributed by atoms with E-state index in [1.807, 2.05) is 42.5 Å². The first kappa shape index (κ1) is 13.6. The number of rotatable bonds is 3. The second-order valence-electron chi connectivity index (χ2n) is 5.56. The van der Waals surface area contributed by atoms with Gasteiger partial charge in [0.15, 0.2) is 0 Å². The molecule has 0 unspecified atom stereocenters. The van der Waals surface area contributed by atoms with Crippen molar-refractivity contribution in [1.82, 2.24) is 0 Å². The van der Waals surface area contributed by atoms with Crippen LogP contribution in [-0.2, 0) is 6.61 Å². The van der Waals surface area contributed by atoms with E-state index in [2.05, 4.69) is 30.3 Å². The molecule has 0 aliphatic rings. The van der Waals surface area contributed by atoms with Crippen LogP contribution in [0.25, 0.3) is 21.5 Å². The van der Waals surface area contributed by atoms with Crippen LogP contribution in [0.1, 0.15) is 5.56 Å². The molecule has 0 aromatic heterocycles. The van der Waals surface area contributed by atoms with E-state index in [1.165, 1.54) is 10.8 Å². The van der Waals surface area contributed by atoms with E-state index in [9.17, 15) is 5.11 Å². The summed E-state index contributed by atoms with van der Waals surface area (Å²) in [6, 6.07) is 25.8. The van der Waals surface area contributed by atoms with Gasteiger partial charge in [0, 0.05) is 10.8 Å². The molecule has 0 aliphatic carbocycles. The lowest BCUT2D eigenvalue weighted by molar-refractivity contribution is 0.311. The predicted molar refractivity (Wildman–Crippen MR) is 93.9 cm³/mol. The van der Waals surface area contributed by atoms with Gasteiger partial charge in [-0.2, -0.15) is 0 Å². The Bertz CT molecular complexity index is 984. The molecule has 0 radical (unpaired) electrons. The van der Waals surface area contributed by atoms with E-state index in [4.69, 9.17) is 4.74 Å². The maximum atomic E-state index is 9.97. The van der Waals surface area contributed by atoms with Crippen molar-refractivity contribution in [2.24, 2.45) is 0 Å². The second-order valence-corrected chi connectivity index (χ2v) is 5.56. The molecule has 2 heteroatoms. The van der Waals surface area contributed by atoms with Crippen LogP contribution in [-0.4, -0.2) is 5.11 Å². The van der Waals surface area contributed by atoms with Crippen LogP contribution in [0.4, 0.5) is 0 Å². The fourth-order valence-electron chi connectivity index (χ4n) is 2.96. The van der Waals surface area contributed by atoms with Gasteiger partial charge in [-0.05, 0) is 28.5 Å². The summed E-state index contributed by atoms with van der Waals surface area (Å²) < 4.78 is 6.06. The zero-order chi connectivity index (χ0) is 15.6. The van der Waals surface area contributed by atoms with Gasteiger partial charge in [0.25, 0.3) is 0 Å². The molecule has 0 fully saturated rings. The summed E-state index contributed by atoms with van der Waals surface area (Å²) in [6.07, 6.45) is 0. The van der Waals surface area contributed by atoms with E-state index in [-0.39, 0.29) is 5.75 Å². The highest BCUT2D eigenvalue weighted by Crippen LogP contribution is 2.33. The van der Waals surface area contributed by atoms with Gasteiger partial charge in [-0.25, -0.2) is 0 Å². The molecule has 0 atom stereocenters. The minimum atomic E-state index is 0.276. The topological polar surface area (TPSA) is 29.5 Å².